The Kier molecular flexibility index (Phi) is 5.65. The summed E-state index contributed by atoms with van der Waals surface area (Å²) in [6, 6.07) is 8.88. The van der Waals surface area contributed by atoms with E-state index in [4.69, 9.17) is 4.74 Å². The molecule has 0 aliphatic carbocycles. The predicted molar refractivity (Wildman–Crippen MR) is 71.3 cm³/mol. The van der Waals surface area contributed by atoms with E-state index in [-0.39, 0.29) is 11.9 Å². The topological polar surface area (TPSA) is 58.6 Å². The molecule has 0 heterocycles. The lowest BCUT2D eigenvalue weighted by molar-refractivity contribution is -0.146. The van der Waals surface area contributed by atoms with Crippen molar-refractivity contribution < 1.29 is 14.6 Å². The van der Waals surface area contributed by atoms with Crippen LogP contribution in [0.2, 0.25) is 0 Å². The van der Waals surface area contributed by atoms with Crippen LogP contribution in [0.25, 0.3) is 0 Å². The first-order chi connectivity index (χ1) is 8.56. The molecular weight excluding hydrogens is 230 g/mol. The lowest BCUT2D eigenvalue weighted by Gasteiger charge is -2.26. The minimum Gasteiger partial charge on any atom is -0.464 e. The normalized spacial score (nSPS) is 15.6. The molecule has 0 aromatic heterocycles. The number of esters is 1. The van der Waals surface area contributed by atoms with Crippen LogP contribution < -0.4 is 5.32 Å². The van der Waals surface area contributed by atoms with Gasteiger partial charge in [-0.3, -0.25) is 0 Å². The second kappa shape index (κ2) is 7.01. The Bertz CT molecular complexity index is 365. The molecule has 4 heteroatoms. The standard InChI is InChI=1S/C14H21NO3/c1-4-18-14(17)13(10(2)11(3)16)15-12-8-6-5-7-9-12/h5-11,13,15-16H,4H2,1-3H3/t10-,11-,13-/m0/s1. The van der Waals surface area contributed by atoms with Crippen molar-refractivity contribution in [2.24, 2.45) is 5.92 Å². The number of nitrogens with one attached hydrogen (secondary N) is 1. The van der Waals surface area contributed by atoms with E-state index in [0.29, 0.717) is 6.61 Å². The van der Waals surface area contributed by atoms with Gasteiger partial charge >= 0.3 is 5.97 Å². The van der Waals surface area contributed by atoms with Gasteiger partial charge in [0.1, 0.15) is 6.04 Å². The van der Waals surface area contributed by atoms with Crippen molar-refractivity contribution in [2.45, 2.75) is 32.9 Å². The van der Waals surface area contributed by atoms with Crippen LogP contribution in [0.1, 0.15) is 20.8 Å². The Morgan fingerprint density at radius 3 is 2.44 bits per heavy atom. The van der Waals surface area contributed by atoms with Gasteiger partial charge in [-0.05, 0) is 26.0 Å². The number of para-hydroxylation sites is 1. The molecule has 1 rings (SSSR count). The molecule has 3 atom stereocenters. The Labute approximate surface area is 108 Å². The maximum Gasteiger partial charge on any atom is 0.328 e. The number of ether oxygens (including phenoxy) is 1. The van der Waals surface area contributed by atoms with Crippen LogP contribution in [-0.4, -0.2) is 29.8 Å². The fourth-order valence-corrected chi connectivity index (χ4v) is 1.63. The highest BCUT2D eigenvalue weighted by molar-refractivity contribution is 5.79. The van der Waals surface area contributed by atoms with Crippen molar-refractivity contribution in [3.8, 4) is 0 Å². The van der Waals surface area contributed by atoms with Gasteiger partial charge in [0.2, 0.25) is 0 Å². The number of benzene rings is 1. The number of carbonyl (C=O) groups is 1. The molecule has 0 aliphatic rings. The summed E-state index contributed by atoms with van der Waals surface area (Å²) in [5, 5.41) is 12.7. The monoisotopic (exact) mass is 251 g/mol. The summed E-state index contributed by atoms with van der Waals surface area (Å²) in [4.78, 5) is 11.9. The van der Waals surface area contributed by atoms with Gasteiger partial charge in [0, 0.05) is 11.6 Å². The highest BCUT2D eigenvalue weighted by Crippen LogP contribution is 2.16. The maximum atomic E-state index is 11.9. The first-order valence-electron chi connectivity index (χ1n) is 6.22. The molecule has 0 amide bonds. The molecule has 0 saturated heterocycles. The third-order valence-electron chi connectivity index (χ3n) is 2.92. The van der Waals surface area contributed by atoms with E-state index in [1.54, 1.807) is 13.8 Å². The van der Waals surface area contributed by atoms with Crippen molar-refractivity contribution in [1.29, 1.82) is 0 Å². The first-order valence-corrected chi connectivity index (χ1v) is 6.22. The molecule has 1 aromatic rings. The Morgan fingerprint density at radius 2 is 1.94 bits per heavy atom. The largest absolute Gasteiger partial charge is 0.464 e. The number of hydrogen-bond donors (Lipinski definition) is 2. The van der Waals surface area contributed by atoms with E-state index in [1.807, 2.05) is 37.3 Å². The fourth-order valence-electron chi connectivity index (χ4n) is 1.63. The van der Waals surface area contributed by atoms with Crippen LogP contribution in [0.15, 0.2) is 30.3 Å². The zero-order valence-corrected chi connectivity index (χ0v) is 11.1. The van der Waals surface area contributed by atoms with Gasteiger partial charge in [-0.15, -0.1) is 0 Å². The SMILES string of the molecule is CCOC(=O)[C@@H](Nc1ccccc1)[C@@H](C)[C@H](C)O. The van der Waals surface area contributed by atoms with Crippen molar-refractivity contribution in [2.75, 3.05) is 11.9 Å². The molecule has 0 unspecified atom stereocenters. The Hall–Kier alpha value is -1.55. The van der Waals surface area contributed by atoms with E-state index < -0.39 is 12.1 Å². The van der Waals surface area contributed by atoms with Gasteiger partial charge in [-0.25, -0.2) is 4.79 Å². The Morgan fingerprint density at radius 1 is 1.33 bits per heavy atom. The van der Waals surface area contributed by atoms with E-state index >= 15 is 0 Å². The highest BCUT2D eigenvalue weighted by Gasteiger charge is 2.29. The van der Waals surface area contributed by atoms with Crippen LogP contribution in [0.4, 0.5) is 5.69 Å². The number of anilines is 1. The van der Waals surface area contributed by atoms with Gasteiger partial charge in [0.25, 0.3) is 0 Å². The first kappa shape index (κ1) is 14.5. The quantitative estimate of drug-likeness (QED) is 0.760. The average molecular weight is 251 g/mol. The highest BCUT2D eigenvalue weighted by atomic mass is 16.5. The van der Waals surface area contributed by atoms with Crippen LogP contribution >= 0.6 is 0 Å². The van der Waals surface area contributed by atoms with Gasteiger partial charge in [0.05, 0.1) is 12.7 Å². The molecule has 0 fully saturated rings. The zero-order chi connectivity index (χ0) is 13.5. The molecule has 1 aromatic carbocycles. The summed E-state index contributed by atoms with van der Waals surface area (Å²) in [7, 11) is 0. The second-order valence-electron chi connectivity index (χ2n) is 4.34. The molecular formula is C14H21NO3. The van der Waals surface area contributed by atoms with Crippen molar-refractivity contribution in [1.82, 2.24) is 0 Å². The minimum atomic E-state index is -0.587. The molecule has 0 saturated carbocycles. The van der Waals surface area contributed by atoms with Crippen LogP contribution in [0.5, 0.6) is 0 Å². The summed E-state index contributed by atoms with van der Waals surface area (Å²) >= 11 is 0. The molecule has 0 spiro atoms. The van der Waals surface area contributed by atoms with Gasteiger partial charge < -0.3 is 15.2 Å². The predicted octanol–water partition coefficient (Wildman–Crippen LogP) is 2.05. The number of carbonyl (C=O) groups excluding carboxylic acids is 1. The zero-order valence-electron chi connectivity index (χ0n) is 11.1. The summed E-state index contributed by atoms with van der Waals surface area (Å²) in [6.07, 6.45) is -0.587. The second-order valence-corrected chi connectivity index (χ2v) is 4.34. The number of rotatable bonds is 6. The van der Waals surface area contributed by atoms with Crippen molar-refractivity contribution in [3.63, 3.8) is 0 Å². The summed E-state index contributed by atoms with van der Waals surface area (Å²) < 4.78 is 5.03. The molecule has 0 radical (unpaired) electrons. The van der Waals surface area contributed by atoms with E-state index in [0.717, 1.165) is 5.69 Å². The van der Waals surface area contributed by atoms with Crippen LogP contribution in [0.3, 0.4) is 0 Å². The van der Waals surface area contributed by atoms with E-state index in [2.05, 4.69) is 5.32 Å². The van der Waals surface area contributed by atoms with Gasteiger partial charge in [-0.1, -0.05) is 25.1 Å². The minimum absolute atomic E-state index is 0.232. The summed E-state index contributed by atoms with van der Waals surface area (Å²) in [5.41, 5.74) is 0.836. The lowest BCUT2D eigenvalue weighted by atomic mass is 9.96. The maximum absolute atomic E-state index is 11.9. The van der Waals surface area contributed by atoms with E-state index in [9.17, 15) is 9.90 Å². The van der Waals surface area contributed by atoms with Gasteiger partial charge in [-0.2, -0.15) is 0 Å². The molecule has 2 N–H and O–H groups in total. The number of aliphatic hydroxyl groups is 1. The van der Waals surface area contributed by atoms with E-state index in [1.165, 1.54) is 0 Å². The van der Waals surface area contributed by atoms with Crippen molar-refractivity contribution in [3.05, 3.63) is 30.3 Å². The third-order valence-corrected chi connectivity index (χ3v) is 2.92. The molecule has 4 nitrogen and oxygen atoms in total. The number of aliphatic hydroxyl groups excluding tert-OH is 1. The third kappa shape index (κ3) is 4.04. The van der Waals surface area contributed by atoms with Crippen LogP contribution in [0, 0.1) is 5.92 Å². The molecule has 0 aliphatic heterocycles. The lowest BCUT2D eigenvalue weighted by Crippen LogP contribution is -2.41. The molecule has 100 valence electrons. The van der Waals surface area contributed by atoms with Gasteiger partial charge in [0.15, 0.2) is 0 Å². The fraction of sp³-hybridized carbons (Fsp3) is 0.500. The Balaban J connectivity index is 2.81. The number of hydrogen-bond acceptors (Lipinski definition) is 4. The average Bonchev–Trinajstić information content (AvgIpc) is 2.36. The summed E-state index contributed by atoms with van der Waals surface area (Å²) in [6.45, 7) is 5.59. The smallest absolute Gasteiger partial charge is 0.328 e. The van der Waals surface area contributed by atoms with Crippen LogP contribution in [-0.2, 0) is 9.53 Å². The molecule has 18 heavy (non-hydrogen) atoms. The molecule has 0 bridgehead atoms. The van der Waals surface area contributed by atoms with Crippen molar-refractivity contribution >= 4 is 11.7 Å². The summed E-state index contributed by atoms with van der Waals surface area (Å²) in [5.74, 6) is -0.570.